The highest BCUT2D eigenvalue weighted by atomic mass is 32.2. The number of nitrogens with zero attached hydrogens (tertiary/aromatic N) is 2. The van der Waals surface area contributed by atoms with E-state index < -0.39 is 16.0 Å². The zero-order valence-corrected chi connectivity index (χ0v) is 14.7. The number of carbonyl (C=O) groups is 1. The summed E-state index contributed by atoms with van der Waals surface area (Å²) >= 11 is 0. The number of rotatable bonds is 6. The molecule has 124 valence electrons. The molecule has 0 aliphatic heterocycles. The molecule has 1 amide bonds. The molecule has 0 bridgehead atoms. The van der Waals surface area contributed by atoms with Crippen molar-refractivity contribution in [3.63, 3.8) is 0 Å². The fourth-order valence-corrected chi connectivity index (χ4v) is 3.68. The number of aromatic nitrogens is 1. The van der Waals surface area contributed by atoms with Crippen LogP contribution in [-0.4, -0.2) is 32.5 Å². The lowest BCUT2D eigenvalue weighted by molar-refractivity contribution is -0.129. The molecule has 0 aliphatic rings. The van der Waals surface area contributed by atoms with Crippen molar-refractivity contribution in [3.05, 3.63) is 52.9 Å². The van der Waals surface area contributed by atoms with E-state index in [0.29, 0.717) is 12.3 Å². The number of amides is 1. The minimum Gasteiger partial charge on any atom is -0.361 e. The monoisotopic (exact) mass is 334 g/mol. The summed E-state index contributed by atoms with van der Waals surface area (Å²) in [5.74, 6) is 0.819. The Morgan fingerprint density at radius 2 is 1.96 bits per heavy atom. The van der Waals surface area contributed by atoms with Crippen molar-refractivity contribution in [1.82, 2.24) is 10.1 Å². The van der Waals surface area contributed by atoms with Gasteiger partial charge in [-0.3, -0.25) is 9.00 Å². The van der Waals surface area contributed by atoms with Gasteiger partial charge in [-0.15, -0.1) is 0 Å². The summed E-state index contributed by atoms with van der Waals surface area (Å²) in [6, 6.07) is 9.75. The summed E-state index contributed by atoms with van der Waals surface area (Å²) in [6.45, 7) is 5.82. The normalized spacial score (nSPS) is 13.6. The van der Waals surface area contributed by atoms with Crippen molar-refractivity contribution in [1.29, 1.82) is 0 Å². The van der Waals surface area contributed by atoms with Gasteiger partial charge in [0.1, 0.15) is 11.0 Å². The van der Waals surface area contributed by atoms with Crippen LogP contribution in [0.15, 0.2) is 34.9 Å². The van der Waals surface area contributed by atoms with Crippen LogP contribution in [0.4, 0.5) is 0 Å². The number of hydrogen-bond acceptors (Lipinski definition) is 4. The molecule has 6 heteroatoms. The molecule has 0 saturated carbocycles. The molecule has 0 unspecified atom stereocenters. The maximum absolute atomic E-state index is 12.5. The Hall–Kier alpha value is -1.95. The molecule has 0 spiro atoms. The molecular weight excluding hydrogens is 312 g/mol. The molecule has 5 nitrogen and oxygen atoms in total. The number of carbonyl (C=O) groups excluding carboxylic acids is 1. The third-order valence-electron chi connectivity index (χ3n) is 3.85. The van der Waals surface area contributed by atoms with Gasteiger partial charge in [-0.2, -0.15) is 0 Å². The van der Waals surface area contributed by atoms with Crippen molar-refractivity contribution in [2.75, 3.05) is 7.05 Å². The first-order valence-corrected chi connectivity index (χ1v) is 8.86. The molecule has 2 aromatic rings. The van der Waals surface area contributed by atoms with Crippen molar-refractivity contribution in [2.24, 2.45) is 0 Å². The number of aryl methyl sites for hydroxylation is 2. The minimum atomic E-state index is -1.31. The molecule has 0 N–H and O–H groups in total. The summed E-state index contributed by atoms with van der Waals surface area (Å²) < 4.78 is 17.6. The second kappa shape index (κ2) is 7.55. The Kier molecular flexibility index (Phi) is 5.71. The Morgan fingerprint density at radius 1 is 1.30 bits per heavy atom. The van der Waals surface area contributed by atoms with Crippen LogP contribution in [0.2, 0.25) is 0 Å². The average Bonchev–Trinajstić information content (AvgIpc) is 2.86. The van der Waals surface area contributed by atoms with Crippen molar-refractivity contribution < 1.29 is 13.5 Å². The van der Waals surface area contributed by atoms with Crippen molar-refractivity contribution in [3.8, 4) is 0 Å². The summed E-state index contributed by atoms with van der Waals surface area (Å²) in [4.78, 5) is 14.1. The molecule has 1 aromatic heterocycles. The lowest BCUT2D eigenvalue weighted by Gasteiger charge is -2.21. The molecule has 1 heterocycles. The number of hydrogen-bond donors (Lipinski definition) is 0. The Bertz CT molecular complexity index is 678. The first-order valence-electron chi connectivity index (χ1n) is 7.48. The largest absolute Gasteiger partial charge is 0.361 e. The molecule has 23 heavy (non-hydrogen) atoms. The third-order valence-corrected chi connectivity index (χ3v) is 5.41. The van der Waals surface area contributed by atoms with Gasteiger partial charge in [0.15, 0.2) is 0 Å². The Morgan fingerprint density at radius 3 is 2.52 bits per heavy atom. The number of benzene rings is 1. The first-order chi connectivity index (χ1) is 10.9. The predicted molar refractivity (Wildman–Crippen MR) is 90.2 cm³/mol. The highest BCUT2D eigenvalue weighted by molar-refractivity contribution is 7.85. The van der Waals surface area contributed by atoms with Gasteiger partial charge in [0.2, 0.25) is 5.91 Å². The summed E-state index contributed by atoms with van der Waals surface area (Å²) in [7, 11) is 0.420. The van der Waals surface area contributed by atoms with Crippen molar-refractivity contribution in [2.45, 2.75) is 38.3 Å². The molecular formula is C17H22N2O3S. The van der Waals surface area contributed by atoms with Crippen LogP contribution in [0.25, 0.3) is 0 Å². The highest BCUT2D eigenvalue weighted by Gasteiger charge is 2.25. The van der Waals surface area contributed by atoms with Crippen LogP contribution in [0.5, 0.6) is 0 Å². The summed E-state index contributed by atoms with van der Waals surface area (Å²) in [5, 5.41) is 3.29. The minimum absolute atomic E-state index is 0.126. The van der Waals surface area contributed by atoms with Gasteiger partial charge in [0, 0.05) is 30.0 Å². The molecule has 1 aromatic carbocycles. The SMILES string of the molecule is Cc1noc(C)c1C[S@@](=O)[C@H](C)C(=O)N(C)Cc1ccccc1. The molecule has 0 radical (unpaired) electrons. The fourth-order valence-electron chi connectivity index (χ4n) is 2.33. The van der Waals surface area contributed by atoms with Gasteiger partial charge < -0.3 is 9.42 Å². The lowest BCUT2D eigenvalue weighted by atomic mass is 10.2. The van der Waals surface area contributed by atoms with Crippen LogP contribution in [0.1, 0.15) is 29.5 Å². The zero-order chi connectivity index (χ0) is 17.0. The lowest BCUT2D eigenvalue weighted by Crippen LogP contribution is -2.37. The average molecular weight is 334 g/mol. The summed E-state index contributed by atoms with van der Waals surface area (Å²) in [6.07, 6.45) is 0. The van der Waals surface area contributed by atoms with Gasteiger partial charge >= 0.3 is 0 Å². The van der Waals surface area contributed by atoms with E-state index >= 15 is 0 Å². The second-order valence-corrected chi connectivity index (χ2v) is 7.41. The van der Waals surface area contributed by atoms with E-state index in [1.807, 2.05) is 37.3 Å². The Balaban J connectivity index is 1.99. The standard InChI is InChI=1S/C17H22N2O3S/c1-12-16(13(2)22-18-12)11-23(21)14(3)17(20)19(4)10-15-8-6-5-7-9-15/h5-9,14H,10-11H2,1-4H3/t14-,23-/m1/s1. The van der Waals surface area contributed by atoms with Crippen LogP contribution in [-0.2, 0) is 27.9 Å². The van der Waals surface area contributed by atoms with E-state index in [-0.39, 0.29) is 11.7 Å². The molecule has 0 aliphatic carbocycles. The van der Waals surface area contributed by atoms with Gasteiger partial charge in [-0.1, -0.05) is 35.5 Å². The molecule has 0 fully saturated rings. The van der Waals surface area contributed by atoms with E-state index in [1.165, 1.54) is 0 Å². The first kappa shape index (κ1) is 17.4. The van der Waals surface area contributed by atoms with E-state index in [1.54, 1.807) is 25.8 Å². The Labute approximate surface area is 139 Å². The summed E-state index contributed by atoms with van der Waals surface area (Å²) in [5.41, 5.74) is 2.61. The van der Waals surface area contributed by atoms with E-state index in [4.69, 9.17) is 4.52 Å². The zero-order valence-electron chi connectivity index (χ0n) is 13.9. The molecule has 2 rings (SSSR count). The fraction of sp³-hybridized carbons (Fsp3) is 0.412. The van der Waals surface area contributed by atoms with Gasteiger partial charge in [0.05, 0.1) is 11.4 Å². The van der Waals surface area contributed by atoms with Gasteiger partial charge in [-0.25, -0.2) is 0 Å². The van der Waals surface area contributed by atoms with Crippen molar-refractivity contribution >= 4 is 16.7 Å². The predicted octanol–water partition coefficient (Wildman–Crippen LogP) is 2.59. The van der Waals surface area contributed by atoms with E-state index in [2.05, 4.69) is 5.16 Å². The smallest absolute Gasteiger partial charge is 0.238 e. The quantitative estimate of drug-likeness (QED) is 0.814. The third kappa shape index (κ3) is 4.28. The van der Waals surface area contributed by atoms with E-state index in [9.17, 15) is 9.00 Å². The van der Waals surface area contributed by atoms with E-state index in [0.717, 1.165) is 16.8 Å². The highest BCUT2D eigenvalue weighted by Crippen LogP contribution is 2.17. The van der Waals surface area contributed by atoms with Crippen LogP contribution >= 0.6 is 0 Å². The maximum Gasteiger partial charge on any atom is 0.238 e. The van der Waals surface area contributed by atoms with Crippen LogP contribution < -0.4 is 0 Å². The van der Waals surface area contributed by atoms with Gasteiger partial charge in [-0.05, 0) is 26.3 Å². The van der Waals surface area contributed by atoms with Crippen LogP contribution in [0.3, 0.4) is 0 Å². The second-order valence-electron chi connectivity index (χ2n) is 5.65. The maximum atomic E-state index is 12.5. The molecule has 2 atom stereocenters. The van der Waals surface area contributed by atoms with Gasteiger partial charge in [0.25, 0.3) is 0 Å². The topological polar surface area (TPSA) is 63.4 Å². The molecule has 0 saturated heterocycles. The van der Waals surface area contributed by atoms with Crippen LogP contribution in [0, 0.1) is 13.8 Å².